The van der Waals surface area contributed by atoms with E-state index >= 15 is 0 Å². The van der Waals surface area contributed by atoms with E-state index in [4.69, 9.17) is 0 Å². The van der Waals surface area contributed by atoms with Crippen LogP contribution in [0.3, 0.4) is 0 Å². The van der Waals surface area contributed by atoms with Crippen LogP contribution in [0.15, 0.2) is 0 Å². The second-order valence-corrected chi connectivity index (χ2v) is 13.6. The summed E-state index contributed by atoms with van der Waals surface area (Å²) >= 11 is 0. The molecule has 0 saturated heterocycles. The monoisotopic (exact) mass is 604 g/mol. The third kappa shape index (κ3) is 9.84. The van der Waals surface area contributed by atoms with E-state index < -0.39 is 74.5 Å². The minimum Gasteiger partial charge on any atom is -0.396 e. The second kappa shape index (κ2) is 22.2. The summed E-state index contributed by atoms with van der Waals surface area (Å²) in [5, 5.41) is 86.8. The van der Waals surface area contributed by atoms with Crippen molar-refractivity contribution in [2.45, 2.75) is 141 Å². The SMILES string of the molecule is OCC1(CO)CCCCCCCCCCCCCCCCCCCCCCC(CO)(CO)C(CO)(CO)C1(CO)CO. The van der Waals surface area contributed by atoms with Gasteiger partial charge in [-0.1, -0.05) is 128 Å². The Morgan fingerprint density at radius 2 is 0.405 bits per heavy atom. The van der Waals surface area contributed by atoms with Crippen molar-refractivity contribution in [3.63, 3.8) is 0 Å². The van der Waals surface area contributed by atoms with Gasteiger partial charge in [0.25, 0.3) is 0 Å². The zero-order valence-electron chi connectivity index (χ0n) is 26.8. The minimum atomic E-state index is -1.77. The lowest BCUT2D eigenvalue weighted by atomic mass is 9.42. The van der Waals surface area contributed by atoms with Crippen LogP contribution in [0.25, 0.3) is 0 Å². The molecule has 0 atom stereocenters. The molecular formula is C34H68O8. The fraction of sp³-hybridized carbons (Fsp3) is 1.00. The van der Waals surface area contributed by atoms with Gasteiger partial charge in [-0.25, -0.2) is 0 Å². The van der Waals surface area contributed by atoms with Gasteiger partial charge < -0.3 is 40.9 Å². The lowest BCUT2D eigenvalue weighted by molar-refractivity contribution is -0.268. The van der Waals surface area contributed by atoms with Gasteiger partial charge in [0.2, 0.25) is 0 Å². The van der Waals surface area contributed by atoms with Crippen molar-refractivity contribution in [3.05, 3.63) is 0 Å². The molecule has 1 aliphatic carbocycles. The van der Waals surface area contributed by atoms with Gasteiger partial charge in [0.05, 0.1) is 52.9 Å². The summed E-state index contributed by atoms with van der Waals surface area (Å²) in [6, 6.07) is 0. The van der Waals surface area contributed by atoms with E-state index in [-0.39, 0.29) is 12.8 Å². The molecule has 0 amide bonds. The second-order valence-electron chi connectivity index (χ2n) is 13.6. The van der Waals surface area contributed by atoms with Crippen molar-refractivity contribution >= 4 is 0 Å². The average Bonchev–Trinajstić information content (AvgIpc) is 3.03. The molecule has 0 aliphatic heterocycles. The molecule has 1 fully saturated rings. The molecule has 0 aromatic heterocycles. The summed E-state index contributed by atoms with van der Waals surface area (Å²) < 4.78 is 0. The highest BCUT2D eigenvalue weighted by Gasteiger charge is 2.68. The van der Waals surface area contributed by atoms with Crippen LogP contribution in [0.4, 0.5) is 0 Å². The fourth-order valence-corrected chi connectivity index (χ4v) is 8.00. The molecule has 1 rings (SSSR count). The van der Waals surface area contributed by atoms with Crippen molar-refractivity contribution in [3.8, 4) is 0 Å². The Morgan fingerprint density at radius 3 is 0.548 bits per heavy atom. The van der Waals surface area contributed by atoms with Crippen molar-refractivity contribution in [1.29, 1.82) is 0 Å². The normalized spacial score (nSPS) is 24.6. The van der Waals surface area contributed by atoms with Crippen LogP contribution >= 0.6 is 0 Å². The van der Waals surface area contributed by atoms with E-state index in [0.29, 0.717) is 12.8 Å². The smallest absolute Gasteiger partial charge is 0.0523 e. The third-order valence-electron chi connectivity index (χ3n) is 11.3. The lowest BCUT2D eigenvalue weighted by Crippen LogP contribution is -2.70. The topological polar surface area (TPSA) is 162 Å². The Labute approximate surface area is 256 Å². The molecule has 252 valence electrons. The standard InChI is InChI=1S/C34H68O8/c35-23-31(24-36)21-19-17-15-13-11-9-7-5-3-1-2-4-6-8-10-12-14-16-18-20-22-32(25-37,26-38)34(29-41,30-42)33(31,27-39)28-40/h35-42H,1-30H2. The van der Waals surface area contributed by atoms with Crippen LogP contribution in [0, 0.1) is 21.7 Å². The summed E-state index contributed by atoms with van der Waals surface area (Å²) in [6.07, 6.45) is 23.0. The average molecular weight is 605 g/mol. The molecule has 0 aromatic rings. The van der Waals surface area contributed by atoms with E-state index in [1.54, 1.807) is 0 Å². The van der Waals surface area contributed by atoms with E-state index in [9.17, 15) is 40.9 Å². The Bertz CT molecular complexity index is 573. The number of rotatable bonds is 8. The lowest BCUT2D eigenvalue weighted by Gasteiger charge is -2.63. The summed E-state index contributed by atoms with van der Waals surface area (Å²) in [5.74, 6) is 0. The molecule has 42 heavy (non-hydrogen) atoms. The van der Waals surface area contributed by atoms with Crippen molar-refractivity contribution in [1.82, 2.24) is 0 Å². The summed E-state index contributed by atoms with van der Waals surface area (Å²) in [6.45, 7) is -5.31. The van der Waals surface area contributed by atoms with Crippen molar-refractivity contribution < 1.29 is 40.9 Å². The first-order valence-corrected chi connectivity index (χ1v) is 17.3. The Morgan fingerprint density at radius 1 is 0.238 bits per heavy atom. The van der Waals surface area contributed by atoms with Gasteiger partial charge in [-0.05, 0) is 12.8 Å². The zero-order valence-corrected chi connectivity index (χ0v) is 26.8. The van der Waals surface area contributed by atoms with Crippen molar-refractivity contribution in [2.75, 3.05) is 52.9 Å². The van der Waals surface area contributed by atoms with Gasteiger partial charge >= 0.3 is 0 Å². The van der Waals surface area contributed by atoms with Crippen LogP contribution in [-0.4, -0.2) is 93.7 Å². The van der Waals surface area contributed by atoms with E-state index in [2.05, 4.69) is 0 Å². The number of aliphatic hydroxyl groups excluding tert-OH is 8. The third-order valence-corrected chi connectivity index (χ3v) is 11.3. The molecule has 1 aliphatic rings. The van der Waals surface area contributed by atoms with Gasteiger partial charge in [-0.3, -0.25) is 0 Å². The summed E-state index contributed by atoms with van der Waals surface area (Å²) in [4.78, 5) is 0. The first-order chi connectivity index (χ1) is 20.4. The quantitative estimate of drug-likeness (QED) is 0.201. The largest absolute Gasteiger partial charge is 0.396 e. The number of hydrogen-bond donors (Lipinski definition) is 8. The first-order valence-electron chi connectivity index (χ1n) is 17.3. The number of hydrogen-bond acceptors (Lipinski definition) is 8. The predicted octanol–water partition coefficient (Wildman–Crippen LogP) is 4.47. The molecule has 0 bridgehead atoms. The van der Waals surface area contributed by atoms with Crippen molar-refractivity contribution in [2.24, 2.45) is 21.7 Å². The molecule has 0 heterocycles. The van der Waals surface area contributed by atoms with Gasteiger partial charge in [0, 0.05) is 21.7 Å². The summed E-state index contributed by atoms with van der Waals surface area (Å²) in [5.41, 5.74) is -6.46. The van der Waals surface area contributed by atoms with E-state index in [1.165, 1.54) is 77.0 Å². The first kappa shape index (κ1) is 39.7. The summed E-state index contributed by atoms with van der Waals surface area (Å²) in [7, 11) is 0. The fourth-order valence-electron chi connectivity index (χ4n) is 8.00. The van der Waals surface area contributed by atoms with Crippen LogP contribution in [0.2, 0.25) is 0 Å². The van der Waals surface area contributed by atoms with Gasteiger partial charge in [0.15, 0.2) is 0 Å². The molecule has 1 saturated carbocycles. The highest BCUT2D eigenvalue weighted by Crippen LogP contribution is 2.61. The van der Waals surface area contributed by atoms with Gasteiger partial charge in [0.1, 0.15) is 0 Å². The maximum absolute atomic E-state index is 10.9. The van der Waals surface area contributed by atoms with E-state index in [0.717, 1.165) is 38.5 Å². The number of aliphatic hydroxyl groups is 8. The van der Waals surface area contributed by atoms with E-state index in [1.807, 2.05) is 0 Å². The molecule has 8 heteroatoms. The highest BCUT2D eigenvalue weighted by atomic mass is 16.3. The van der Waals surface area contributed by atoms with Gasteiger partial charge in [-0.2, -0.15) is 0 Å². The molecule has 0 radical (unpaired) electrons. The molecule has 8 N–H and O–H groups in total. The zero-order chi connectivity index (χ0) is 31.2. The molecule has 0 unspecified atom stereocenters. The minimum absolute atomic E-state index is 0.260. The predicted molar refractivity (Wildman–Crippen MR) is 168 cm³/mol. The molecular weight excluding hydrogens is 536 g/mol. The van der Waals surface area contributed by atoms with Crippen LogP contribution < -0.4 is 0 Å². The molecule has 0 spiro atoms. The molecule has 0 aromatic carbocycles. The molecule has 8 nitrogen and oxygen atoms in total. The highest BCUT2D eigenvalue weighted by molar-refractivity contribution is 5.14. The maximum atomic E-state index is 10.9. The van der Waals surface area contributed by atoms with Gasteiger partial charge in [-0.15, -0.1) is 0 Å². The van der Waals surface area contributed by atoms with Crippen LogP contribution in [0.1, 0.15) is 141 Å². The Hall–Kier alpha value is -0.320. The Kier molecular flexibility index (Phi) is 21.0. The van der Waals surface area contributed by atoms with Crippen LogP contribution in [-0.2, 0) is 0 Å². The maximum Gasteiger partial charge on any atom is 0.0523 e. The Balaban J connectivity index is 3.26. The van der Waals surface area contributed by atoms with Crippen LogP contribution in [0.5, 0.6) is 0 Å².